The molecule has 27 heavy (non-hydrogen) atoms. The van der Waals surface area contributed by atoms with E-state index in [0.29, 0.717) is 22.7 Å². The van der Waals surface area contributed by atoms with Crippen molar-refractivity contribution in [2.45, 2.75) is 19.9 Å². The molecular formula is C20H24N2O5. The molecule has 7 heteroatoms. The minimum Gasteiger partial charge on any atom is -0.497 e. The van der Waals surface area contributed by atoms with Crippen molar-refractivity contribution >= 4 is 17.7 Å². The van der Waals surface area contributed by atoms with Crippen LogP contribution in [-0.4, -0.2) is 32.8 Å². The maximum atomic E-state index is 12.5. The third kappa shape index (κ3) is 5.37. The van der Waals surface area contributed by atoms with E-state index < -0.39 is 6.09 Å². The lowest BCUT2D eigenvalue weighted by atomic mass is 10.1. The predicted molar refractivity (Wildman–Crippen MR) is 103 cm³/mol. The molecule has 0 radical (unpaired) electrons. The first-order valence-corrected chi connectivity index (χ1v) is 8.55. The summed E-state index contributed by atoms with van der Waals surface area (Å²) in [7, 11) is 3.16. The summed E-state index contributed by atoms with van der Waals surface area (Å²) in [5.74, 6) is 1.11. The fraction of sp³-hybridized carbons (Fsp3) is 0.300. The molecule has 2 amide bonds. The van der Waals surface area contributed by atoms with Gasteiger partial charge in [0.25, 0.3) is 5.91 Å². The first-order valence-electron chi connectivity index (χ1n) is 8.55. The van der Waals surface area contributed by atoms with E-state index >= 15 is 0 Å². The second-order valence-corrected chi connectivity index (χ2v) is 5.73. The topological polar surface area (TPSA) is 85.9 Å². The lowest BCUT2D eigenvalue weighted by Crippen LogP contribution is -2.27. The van der Waals surface area contributed by atoms with Crippen LogP contribution in [0.4, 0.5) is 10.5 Å². The van der Waals surface area contributed by atoms with E-state index in [1.165, 1.54) is 0 Å². The summed E-state index contributed by atoms with van der Waals surface area (Å²) in [6.07, 6.45) is -0.534. The minimum absolute atomic E-state index is 0.241. The van der Waals surface area contributed by atoms with Gasteiger partial charge in [-0.15, -0.1) is 0 Å². The van der Waals surface area contributed by atoms with Crippen LogP contribution in [0.3, 0.4) is 0 Å². The van der Waals surface area contributed by atoms with Crippen LogP contribution in [0.1, 0.15) is 35.8 Å². The Kier molecular flexibility index (Phi) is 7.05. The third-order valence-electron chi connectivity index (χ3n) is 3.92. The number of nitrogens with one attached hydrogen (secondary N) is 2. The number of hydrogen-bond donors (Lipinski definition) is 2. The highest BCUT2D eigenvalue weighted by Crippen LogP contribution is 2.29. The van der Waals surface area contributed by atoms with Crippen LogP contribution < -0.4 is 20.1 Å². The Balaban J connectivity index is 2.07. The quantitative estimate of drug-likeness (QED) is 0.773. The second kappa shape index (κ2) is 9.47. The average Bonchev–Trinajstić information content (AvgIpc) is 2.68. The normalized spacial score (nSPS) is 11.3. The zero-order chi connectivity index (χ0) is 19.8. The summed E-state index contributed by atoms with van der Waals surface area (Å²) < 4.78 is 15.4. The highest BCUT2D eigenvalue weighted by Gasteiger charge is 2.16. The van der Waals surface area contributed by atoms with Crippen molar-refractivity contribution < 1.29 is 23.8 Å². The first-order chi connectivity index (χ1) is 13.0. The number of anilines is 1. The molecule has 1 atom stereocenters. The Hall–Kier alpha value is -3.22. The summed E-state index contributed by atoms with van der Waals surface area (Å²) >= 11 is 0. The van der Waals surface area contributed by atoms with Crippen LogP contribution in [0.2, 0.25) is 0 Å². The fourth-order valence-corrected chi connectivity index (χ4v) is 2.53. The molecule has 7 nitrogen and oxygen atoms in total. The molecule has 0 aliphatic carbocycles. The van der Waals surface area contributed by atoms with Gasteiger partial charge in [0.05, 0.1) is 26.9 Å². The molecule has 2 N–H and O–H groups in total. The first kappa shape index (κ1) is 20.1. The van der Waals surface area contributed by atoms with E-state index in [1.54, 1.807) is 57.5 Å². The Bertz CT molecular complexity index is 789. The molecule has 0 bridgehead atoms. The second-order valence-electron chi connectivity index (χ2n) is 5.73. The highest BCUT2D eigenvalue weighted by atomic mass is 16.5. The smallest absolute Gasteiger partial charge is 0.411 e. The van der Waals surface area contributed by atoms with Crippen LogP contribution in [-0.2, 0) is 4.74 Å². The van der Waals surface area contributed by atoms with Crippen molar-refractivity contribution in [1.29, 1.82) is 0 Å². The molecule has 0 fully saturated rings. The molecule has 0 saturated carbocycles. The van der Waals surface area contributed by atoms with Crippen molar-refractivity contribution in [3.8, 4) is 11.5 Å². The van der Waals surface area contributed by atoms with Crippen molar-refractivity contribution in [3.05, 3.63) is 53.6 Å². The summed E-state index contributed by atoms with van der Waals surface area (Å²) in [4.78, 5) is 23.9. The van der Waals surface area contributed by atoms with E-state index in [9.17, 15) is 9.59 Å². The van der Waals surface area contributed by atoms with E-state index in [4.69, 9.17) is 14.2 Å². The number of carbonyl (C=O) groups excluding carboxylic acids is 2. The SMILES string of the molecule is CCOC(=O)Nc1ccc(C(=O)N[C@H](C)c2cc(OC)ccc2OC)cc1. The highest BCUT2D eigenvalue weighted by molar-refractivity contribution is 5.95. The van der Waals surface area contributed by atoms with Crippen molar-refractivity contribution in [2.75, 3.05) is 26.1 Å². The lowest BCUT2D eigenvalue weighted by molar-refractivity contribution is 0.0939. The standard InChI is InChI=1S/C20H24N2O5/c1-5-27-20(24)22-15-8-6-14(7-9-15)19(23)21-13(2)17-12-16(25-3)10-11-18(17)26-4/h6-13H,5H2,1-4H3,(H,21,23)(H,22,24)/t13-/m1/s1. The lowest BCUT2D eigenvalue weighted by Gasteiger charge is -2.18. The molecule has 144 valence electrons. The maximum Gasteiger partial charge on any atom is 0.411 e. The summed E-state index contributed by atoms with van der Waals surface area (Å²) in [6, 6.07) is 11.7. The number of hydrogen-bond acceptors (Lipinski definition) is 5. The molecule has 0 heterocycles. The van der Waals surface area contributed by atoms with Crippen LogP contribution in [0.15, 0.2) is 42.5 Å². The van der Waals surface area contributed by atoms with Crippen LogP contribution in [0, 0.1) is 0 Å². The third-order valence-corrected chi connectivity index (χ3v) is 3.92. The Morgan fingerprint density at radius 3 is 2.33 bits per heavy atom. The van der Waals surface area contributed by atoms with Crippen LogP contribution in [0.25, 0.3) is 0 Å². The summed E-state index contributed by atoms with van der Waals surface area (Å²) in [5, 5.41) is 5.51. The fourth-order valence-electron chi connectivity index (χ4n) is 2.53. The van der Waals surface area contributed by atoms with Gasteiger partial charge in [0, 0.05) is 16.8 Å². The van der Waals surface area contributed by atoms with Gasteiger partial charge in [-0.05, 0) is 56.3 Å². The number of methoxy groups -OCH3 is 2. The molecule has 2 aromatic carbocycles. The molecular weight excluding hydrogens is 348 g/mol. The largest absolute Gasteiger partial charge is 0.497 e. The zero-order valence-corrected chi connectivity index (χ0v) is 15.9. The average molecular weight is 372 g/mol. The number of amides is 2. The van der Waals surface area contributed by atoms with Crippen molar-refractivity contribution in [3.63, 3.8) is 0 Å². The molecule has 0 aromatic heterocycles. The van der Waals surface area contributed by atoms with Gasteiger partial charge in [-0.1, -0.05) is 0 Å². The maximum absolute atomic E-state index is 12.5. The van der Waals surface area contributed by atoms with Gasteiger partial charge in [0.1, 0.15) is 11.5 Å². The van der Waals surface area contributed by atoms with Gasteiger partial charge in [0.2, 0.25) is 0 Å². The van der Waals surface area contributed by atoms with Crippen LogP contribution in [0.5, 0.6) is 11.5 Å². The predicted octanol–water partition coefficient (Wildman–Crippen LogP) is 3.76. The molecule has 0 saturated heterocycles. The van der Waals surface area contributed by atoms with Gasteiger partial charge in [0.15, 0.2) is 0 Å². The molecule has 0 aliphatic heterocycles. The Morgan fingerprint density at radius 2 is 1.74 bits per heavy atom. The number of rotatable bonds is 7. The number of ether oxygens (including phenoxy) is 3. The molecule has 2 rings (SSSR count). The molecule has 0 aliphatic rings. The van der Waals surface area contributed by atoms with E-state index in [-0.39, 0.29) is 18.6 Å². The van der Waals surface area contributed by atoms with Crippen molar-refractivity contribution in [2.24, 2.45) is 0 Å². The van der Waals surface area contributed by atoms with Gasteiger partial charge in [-0.2, -0.15) is 0 Å². The van der Waals surface area contributed by atoms with Crippen molar-refractivity contribution in [1.82, 2.24) is 5.32 Å². The van der Waals surface area contributed by atoms with Gasteiger partial charge >= 0.3 is 6.09 Å². The van der Waals surface area contributed by atoms with Gasteiger partial charge in [-0.3, -0.25) is 10.1 Å². The van der Waals surface area contributed by atoms with Gasteiger partial charge in [-0.25, -0.2) is 4.79 Å². The zero-order valence-electron chi connectivity index (χ0n) is 15.9. The number of carbonyl (C=O) groups is 2. The number of benzene rings is 2. The molecule has 0 spiro atoms. The molecule has 0 unspecified atom stereocenters. The molecule has 2 aromatic rings. The summed E-state index contributed by atoms with van der Waals surface area (Å²) in [5.41, 5.74) is 1.83. The van der Waals surface area contributed by atoms with E-state index in [2.05, 4.69) is 10.6 Å². The Morgan fingerprint density at radius 1 is 1.04 bits per heavy atom. The Labute approximate surface area is 158 Å². The van der Waals surface area contributed by atoms with Gasteiger partial charge < -0.3 is 19.5 Å². The van der Waals surface area contributed by atoms with E-state index in [0.717, 1.165) is 5.56 Å². The summed E-state index contributed by atoms with van der Waals surface area (Å²) in [6.45, 7) is 3.88. The monoisotopic (exact) mass is 372 g/mol. The van der Waals surface area contributed by atoms with Crippen LogP contribution >= 0.6 is 0 Å². The van der Waals surface area contributed by atoms with E-state index in [1.807, 2.05) is 13.0 Å². The minimum atomic E-state index is -0.534.